The molecule has 204 valence electrons. The molecule has 0 fully saturated rings. The first-order valence-corrected chi connectivity index (χ1v) is 12.1. The molecule has 0 atom stereocenters. The third-order valence-corrected chi connectivity index (χ3v) is 3.31. The number of nitrogens with zero attached hydrogens (tertiary/aromatic N) is 1. The third kappa shape index (κ3) is 35.9. The van der Waals surface area contributed by atoms with Crippen molar-refractivity contribution in [1.82, 2.24) is 4.90 Å². The highest BCUT2D eigenvalue weighted by molar-refractivity contribution is 5.88. The van der Waals surface area contributed by atoms with Crippen molar-refractivity contribution in [3.8, 4) is 0 Å². The highest BCUT2D eigenvalue weighted by atomic mass is 16.2. The van der Waals surface area contributed by atoms with Gasteiger partial charge in [-0.15, -0.1) is 0 Å². The van der Waals surface area contributed by atoms with Gasteiger partial charge in [0.25, 0.3) is 0 Å². The predicted octanol–water partition coefficient (Wildman–Crippen LogP) is 9.68. The van der Waals surface area contributed by atoms with E-state index in [1.54, 1.807) is 4.90 Å². The second-order valence-corrected chi connectivity index (χ2v) is 16.1. The van der Waals surface area contributed by atoms with Crippen molar-refractivity contribution in [2.45, 2.75) is 151 Å². The summed E-state index contributed by atoms with van der Waals surface area (Å²) in [4.78, 5) is 25.0. The van der Waals surface area contributed by atoms with Gasteiger partial charge >= 0.3 is 0 Å². The van der Waals surface area contributed by atoms with E-state index in [4.69, 9.17) is 0 Å². The fraction of sp³-hybridized carbons (Fsp3) is 0.933. The molecule has 0 aliphatic heterocycles. The van der Waals surface area contributed by atoms with Crippen LogP contribution in [0.15, 0.2) is 0 Å². The SMILES string of the molecule is C.CC(C)(C)C.CC(C)(C)C.CC(C)(C)C(=O)C(C)(C)C.CN(C(=O)C(C)(C)C)C(C)(C)C. The van der Waals surface area contributed by atoms with Crippen molar-refractivity contribution < 1.29 is 9.59 Å². The molecule has 3 nitrogen and oxygen atoms in total. The molecule has 0 aliphatic rings. The highest BCUT2D eigenvalue weighted by Crippen LogP contribution is 2.27. The average molecular weight is 474 g/mol. The van der Waals surface area contributed by atoms with Crippen LogP contribution < -0.4 is 0 Å². The van der Waals surface area contributed by atoms with Crippen LogP contribution in [-0.4, -0.2) is 29.2 Å². The van der Waals surface area contributed by atoms with Crippen molar-refractivity contribution in [1.29, 1.82) is 0 Å². The van der Waals surface area contributed by atoms with Crippen LogP contribution in [0, 0.1) is 27.1 Å². The monoisotopic (exact) mass is 474 g/mol. The summed E-state index contributed by atoms with van der Waals surface area (Å²) >= 11 is 0. The second kappa shape index (κ2) is 14.5. The molecule has 0 aromatic rings. The molecule has 0 bridgehead atoms. The lowest BCUT2D eigenvalue weighted by molar-refractivity contribution is -0.142. The number of rotatable bonds is 0. The van der Waals surface area contributed by atoms with E-state index in [2.05, 4.69) is 55.4 Å². The molecule has 0 spiro atoms. The highest BCUT2D eigenvalue weighted by Gasteiger charge is 2.32. The molecule has 0 N–H and O–H groups in total. The molecular formula is C30H67NO2. The molecule has 0 radical (unpaired) electrons. The van der Waals surface area contributed by atoms with Crippen LogP contribution in [0.4, 0.5) is 0 Å². The van der Waals surface area contributed by atoms with E-state index >= 15 is 0 Å². The van der Waals surface area contributed by atoms with Crippen molar-refractivity contribution >= 4 is 11.7 Å². The minimum Gasteiger partial charge on any atom is -0.340 e. The van der Waals surface area contributed by atoms with E-state index in [9.17, 15) is 9.59 Å². The average Bonchev–Trinajstić information content (AvgIpc) is 2.37. The molecule has 0 aromatic heterocycles. The number of amides is 1. The molecule has 33 heavy (non-hydrogen) atoms. The summed E-state index contributed by atoms with van der Waals surface area (Å²) in [6.07, 6.45) is 0. The Morgan fingerprint density at radius 2 is 0.636 bits per heavy atom. The molecular weight excluding hydrogens is 406 g/mol. The van der Waals surface area contributed by atoms with Gasteiger partial charge in [-0.1, -0.05) is 125 Å². The van der Waals surface area contributed by atoms with Gasteiger partial charge in [-0.05, 0) is 31.6 Å². The lowest BCUT2D eigenvalue weighted by Crippen LogP contribution is -2.47. The van der Waals surface area contributed by atoms with Crippen LogP contribution in [-0.2, 0) is 9.59 Å². The number of carbonyl (C=O) groups is 2. The Morgan fingerprint density at radius 1 is 0.455 bits per heavy atom. The first kappa shape index (κ1) is 42.3. The summed E-state index contributed by atoms with van der Waals surface area (Å²) in [6.45, 7) is 41.2. The minimum atomic E-state index is -0.276. The molecule has 0 heterocycles. The van der Waals surface area contributed by atoms with Crippen LogP contribution in [0.3, 0.4) is 0 Å². The summed E-state index contributed by atoms with van der Waals surface area (Å²) in [5.74, 6) is 0.509. The Kier molecular flexibility index (Phi) is 18.6. The fourth-order valence-electron chi connectivity index (χ4n) is 1.93. The predicted molar refractivity (Wildman–Crippen MR) is 153 cm³/mol. The summed E-state index contributed by atoms with van der Waals surface area (Å²) < 4.78 is 0. The largest absolute Gasteiger partial charge is 0.340 e. The van der Waals surface area contributed by atoms with Gasteiger partial charge in [0.05, 0.1) is 0 Å². The Bertz CT molecular complexity index is 491. The van der Waals surface area contributed by atoms with Gasteiger partial charge in [0.1, 0.15) is 5.78 Å². The molecule has 0 rings (SSSR count). The van der Waals surface area contributed by atoms with E-state index in [1.165, 1.54) is 0 Å². The lowest BCUT2D eigenvalue weighted by atomic mass is 9.76. The smallest absolute Gasteiger partial charge is 0.228 e. The van der Waals surface area contributed by atoms with E-state index in [-0.39, 0.29) is 35.1 Å². The first-order chi connectivity index (χ1) is 13.2. The molecule has 0 unspecified atom stereocenters. The maximum atomic E-state index is 11.7. The maximum absolute atomic E-state index is 11.7. The molecule has 3 heteroatoms. The Balaban J connectivity index is -0.000000112. The van der Waals surface area contributed by atoms with Gasteiger partial charge in [-0.2, -0.15) is 0 Å². The van der Waals surface area contributed by atoms with Crippen molar-refractivity contribution in [2.24, 2.45) is 27.1 Å². The molecule has 0 aromatic carbocycles. The zero-order valence-electron chi connectivity index (χ0n) is 26.3. The van der Waals surface area contributed by atoms with Crippen LogP contribution in [0.25, 0.3) is 0 Å². The van der Waals surface area contributed by atoms with Gasteiger partial charge in [0, 0.05) is 28.8 Å². The summed E-state index contributed by atoms with van der Waals surface area (Å²) in [5.41, 5.74) is 0.253. The molecule has 0 saturated carbocycles. The summed E-state index contributed by atoms with van der Waals surface area (Å²) in [7, 11) is 1.85. The van der Waals surface area contributed by atoms with Crippen LogP contribution in [0.2, 0.25) is 0 Å². The molecule has 0 saturated heterocycles. The van der Waals surface area contributed by atoms with E-state index in [0.717, 1.165) is 0 Å². The maximum Gasteiger partial charge on any atom is 0.228 e. The summed E-state index contributed by atoms with van der Waals surface area (Å²) in [5, 5.41) is 0. The standard InChI is InChI=1S/C10H21NO.C9H18O.2C5H12.CH4/c1-9(2,3)8(12)11(7)10(4,5)6;1-8(2,3)7(10)9(4,5)6;2*1-5(2,3)4;/h1-7H3;1-6H3;2*1-4H3;1H4. The fourth-order valence-corrected chi connectivity index (χ4v) is 1.93. The Hall–Kier alpha value is -0.860. The first-order valence-electron chi connectivity index (χ1n) is 12.1. The van der Waals surface area contributed by atoms with Gasteiger partial charge in [0.2, 0.25) is 5.91 Å². The number of carbonyl (C=O) groups excluding carboxylic acids is 2. The van der Waals surface area contributed by atoms with Gasteiger partial charge in [-0.25, -0.2) is 0 Å². The Morgan fingerprint density at radius 3 is 0.667 bits per heavy atom. The number of hydrogen-bond acceptors (Lipinski definition) is 2. The Labute approximate surface area is 211 Å². The normalized spacial score (nSPS) is 12.4. The lowest BCUT2D eigenvalue weighted by Gasteiger charge is -2.36. The van der Waals surface area contributed by atoms with Crippen LogP contribution >= 0.6 is 0 Å². The van der Waals surface area contributed by atoms with E-state index in [1.807, 2.05) is 90.1 Å². The quantitative estimate of drug-likeness (QED) is 0.351. The van der Waals surface area contributed by atoms with Gasteiger partial charge in [0.15, 0.2) is 0 Å². The molecule has 1 amide bonds. The van der Waals surface area contributed by atoms with E-state index in [0.29, 0.717) is 16.6 Å². The van der Waals surface area contributed by atoms with Crippen LogP contribution in [0.1, 0.15) is 146 Å². The third-order valence-electron chi connectivity index (χ3n) is 3.31. The molecule has 0 aliphatic carbocycles. The number of Topliss-reactive ketones (excluding diaryl/α,β-unsaturated/α-hetero) is 1. The number of ketones is 1. The zero-order chi connectivity index (χ0) is 27.7. The minimum absolute atomic E-state index is 0. The van der Waals surface area contributed by atoms with Crippen LogP contribution in [0.5, 0.6) is 0 Å². The topological polar surface area (TPSA) is 37.4 Å². The zero-order valence-corrected chi connectivity index (χ0v) is 26.3. The van der Waals surface area contributed by atoms with Gasteiger partial charge in [-0.3, -0.25) is 9.59 Å². The van der Waals surface area contributed by atoms with Crippen molar-refractivity contribution in [2.75, 3.05) is 7.05 Å². The van der Waals surface area contributed by atoms with E-state index < -0.39 is 0 Å². The second-order valence-electron chi connectivity index (χ2n) is 16.1. The van der Waals surface area contributed by atoms with Gasteiger partial charge < -0.3 is 4.90 Å². The summed E-state index contributed by atoms with van der Waals surface area (Å²) in [6, 6.07) is 0. The van der Waals surface area contributed by atoms with Crippen molar-refractivity contribution in [3.05, 3.63) is 0 Å². The number of hydrogen-bond donors (Lipinski definition) is 0. The van der Waals surface area contributed by atoms with Crippen molar-refractivity contribution in [3.63, 3.8) is 0 Å².